The van der Waals surface area contributed by atoms with Crippen molar-refractivity contribution in [1.82, 2.24) is 0 Å². The zero-order valence-electron chi connectivity index (χ0n) is 3.31. The van der Waals surface area contributed by atoms with Crippen LogP contribution in [0.4, 0.5) is 0 Å². The average Bonchev–Trinajstić information content (AvgIpc) is 0.811. The van der Waals surface area contributed by atoms with E-state index in [1.54, 1.807) is 0 Å². The third-order valence-electron chi connectivity index (χ3n) is 0. The van der Waals surface area contributed by atoms with Gasteiger partial charge in [-0.1, -0.05) is 0 Å². The van der Waals surface area contributed by atoms with Crippen LogP contribution in [0.1, 0.15) is 0 Å². The predicted octanol–water partition coefficient (Wildman–Crippen LogP) is -1.08. The van der Waals surface area contributed by atoms with E-state index in [2.05, 4.69) is 0 Å². The molecule has 0 aromatic heterocycles. The molecule has 0 rings (SSSR count). The number of rotatable bonds is 0. The molecule has 0 aromatic rings. The van der Waals surface area contributed by atoms with E-state index in [4.69, 9.17) is 15.3 Å². The van der Waals surface area contributed by atoms with Crippen molar-refractivity contribution < 1.29 is 21.2 Å². The molecule has 7 heteroatoms. The summed E-state index contributed by atoms with van der Waals surface area (Å²) in [5.41, 5.74) is 0. The summed E-state index contributed by atoms with van der Waals surface area (Å²) in [6.07, 6.45) is 0. The van der Waals surface area contributed by atoms with Gasteiger partial charge in [-0.25, -0.2) is 0 Å². The first kappa shape index (κ1) is 25.5. The van der Waals surface area contributed by atoms with Crippen molar-refractivity contribution in [3.8, 4) is 0 Å². The third kappa shape index (κ3) is 387. The molecule has 0 bridgehead atoms. The first-order valence-corrected chi connectivity index (χ1v) is 0.565. The monoisotopic (exact) mass is 185 g/mol. The van der Waals surface area contributed by atoms with E-state index in [1.165, 1.54) is 0 Å². The van der Waals surface area contributed by atoms with Crippen LogP contribution in [0, 0.1) is 10.1 Å². The molecule has 6 nitrogen and oxygen atoms in total. The fourth-order valence-electron chi connectivity index (χ4n) is 0. The Labute approximate surface area is 76.1 Å². The summed E-state index contributed by atoms with van der Waals surface area (Å²) >= 11 is 0. The molecule has 0 spiro atoms. The molecular formula is H3NO5Sr. The quantitative estimate of drug-likeness (QED) is 0.291. The molecule has 0 aliphatic heterocycles. The molecule has 0 aliphatic carbocycles. The zero-order chi connectivity index (χ0) is 3.58. The zero-order valence-corrected chi connectivity index (χ0v) is 6.79. The number of nitrogens with zero attached hydrogens (tertiary/aromatic N) is 1. The third-order valence-corrected chi connectivity index (χ3v) is 0. The second-order valence-electron chi connectivity index (χ2n) is 0.238. The van der Waals surface area contributed by atoms with Gasteiger partial charge in [0, 0.05) is 0 Å². The van der Waals surface area contributed by atoms with Gasteiger partial charge in [0.1, 0.15) is 0 Å². The van der Waals surface area contributed by atoms with Crippen LogP contribution >= 0.6 is 0 Å². The maximum Gasteiger partial charge on any atom is 2.00 e. The van der Waals surface area contributed by atoms with Crippen molar-refractivity contribution >= 4 is 45.5 Å². The van der Waals surface area contributed by atoms with Crippen LogP contribution in [0.2, 0.25) is 0 Å². The summed E-state index contributed by atoms with van der Waals surface area (Å²) in [5.74, 6) is 0. The Kier molecular flexibility index (Phi) is 58.3. The van der Waals surface area contributed by atoms with Crippen LogP contribution in [0.5, 0.6) is 0 Å². The van der Waals surface area contributed by atoms with E-state index in [-0.39, 0.29) is 56.4 Å². The van der Waals surface area contributed by atoms with Gasteiger partial charge in [-0.05, 0) is 0 Å². The molecule has 0 radical (unpaired) electrons. The SMILES string of the molecule is O=[N+]([O-])O.[OH-].[OH-].[Sr+2]. The van der Waals surface area contributed by atoms with Crippen molar-refractivity contribution in [3.63, 3.8) is 0 Å². The summed E-state index contributed by atoms with van der Waals surface area (Å²) < 4.78 is 0. The normalized spacial score (nSPS) is 3.43. The van der Waals surface area contributed by atoms with Crippen molar-refractivity contribution in [2.24, 2.45) is 0 Å². The molecule has 0 heterocycles. The van der Waals surface area contributed by atoms with E-state index in [9.17, 15) is 0 Å². The van der Waals surface area contributed by atoms with Crippen LogP contribution in [0.25, 0.3) is 0 Å². The second-order valence-corrected chi connectivity index (χ2v) is 0.238. The Morgan fingerprint density at radius 3 is 1.43 bits per heavy atom. The minimum Gasteiger partial charge on any atom is -0.870 e. The number of hydrogen-bond donors (Lipinski definition) is 1. The maximum atomic E-state index is 8.36. The van der Waals surface area contributed by atoms with E-state index in [0.29, 0.717) is 0 Å². The van der Waals surface area contributed by atoms with Gasteiger partial charge in [0.15, 0.2) is 0 Å². The van der Waals surface area contributed by atoms with Crippen molar-refractivity contribution in [2.45, 2.75) is 0 Å². The topological polar surface area (TPSA) is 123 Å². The summed E-state index contributed by atoms with van der Waals surface area (Å²) in [6, 6.07) is 0. The van der Waals surface area contributed by atoms with E-state index in [1.807, 2.05) is 0 Å². The Bertz CT molecular complexity index is 31.1. The average molecular weight is 185 g/mol. The summed E-state index contributed by atoms with van der Waals surface area (Å²) in [5, 5.41) is 13.6. The smallest absolute Gasteiger partial charge is 0.870 e. The second kappa shape index (κ2) is 16.0. The van der Waals surface area contributed by atoms with Gasteiger partial charge in [0.2, 0.25) is 0 Å². The number of hydrogen-bond acceptors (Lipinski definition) is 4. The van der Waals surface area contributed by atoms with Crippen LogP contribution in [-0.4, -0.2) is 66.7 Å². The molecular weight excluding hydrogens is 182 g/mol. The molecule has 0 amide bonds. The maximum absolute atomic E-state index is 8.36. The van der Waals surface area contributed by atoms with Crippen molar-refractivity contribution in [1.29, 1.82) is 0 Å². The molecule has 40 valence electrons. The fraction of sp³-hybridized carbons (Fsp3) is 0. The summed E-state index contributed by atoms with van der Waals surface area (Å²) in [4.78, 5) is 8.36. The van der Waals surface area contributed by atoms with Crippen molar-refractivity contribution in [2.75, 3.05) is 0 Å². The fourth-order valence-corrected chi connectivity index (χ4v) is 0. The molecule has 0 aliphatic rings. The first-order valence-electron chi connectivity index (χ1n) is 0.565. The standard InChI is InChI=1S/HNO3.2H2O.Sr/c2-1(3)4;;;/h(H,2,3,4);2*1H2;/q;;;+2/p-2. The van der Waals surface area contributed by atoms with Gasteiger partial charge in [-0.2, -0.15) is 0 Å². The minimum atomic E-state index is -1.50. The van der Waals surface area contributed by atoms with E-state index in [0.717, 1.165) is 0 Å². The van der Waals surface area contributed by atoms with Crippen LogP contribution < -0.4 is 0 Å². The molecule has 0 unspecified atom stereocenters. The van der Waals surface area contributed by atoms with Crippen LogP contribution in [0.15, 0.2) is 0 Å². The van der Waals surface area contributed by atoms with Crippen LogP contribution in [-0.2, 0) is 0 Å². The minimum absolute atomic E-state index is 0. The van der Waals surface area contributed by atoms with Gasteiger partial charge < -0.3 is 16.2 Å². The molecule has 0 aromatic carbocycles. The Morgan fingerprint density at radius 1 is 1.43 bits per heavy atom. The molecule has 0 fully saturated rings. The first-order chi connectivity index (χ1) is 1.73. The van der Waals surface area contributed by atoms with Gasteiger partial charge in [0.25, 0.3) is 5.09 Å². The molecule has 3 N–H and O–H groups in total. The van der Waals surface area contributed by atoms with Gasteiger partial charge >= 0.3 is 45.5 Å². The van der Waals surface area contributed by atoms with Gasteiger partial charge in [0.05, 0.1) is 0 Å². The summed E-state index contributed by atoms with van der Waals surface area (Å²) in [7, 11) is 0. The molecule has 0 saturated carbocycles. The van der Waals surface area contributed by atoms with E-state index < -0.39 is 5.09 Å². The Balaban J connectivity index is -0.0000000150. The molecule has 7 heavy (non-hydrogen) atoms. The van der Waals surface area contributed by atoms with Crippen molar-refractivity contribution in [3.05, 3.63) is 10.1 Å². The Hall–Kier alpha value is 0.601. The Morgan fingerprint density at radius 2 is 1.43 bits per heavy atom. The van der Waals surface area contributed by atoms with Gasteiger partial charge in [-0.15, -0.1) is 10.1 Å². The van der Waals surface area contributed by atoms with Crippen LogP contribution in [0.3, 0.4) is 0 Å². The van der Waals surface area contributed by atoms with Gasteiger partial charge in [-0.3, -0.25) is 0 Å². The predicted molar refractivity (Wildman–Crippen MR) is 18.4 cm³/mol. The summed E-state index contributed by atoms with van der Waals surface area (Å²) in [6.45, 7) is 0. The molecule has 0 atom stereocenters. The molecule has 0 saturated heterocycles. The largest absolute Gasteiger partial charge is 2.00 e. The van der Waals surface area contributed by atoms with E-state index >= 15 is 0 Å².